The summed E-state index contributed by atoms with van der Waals surface area (Å²) >= 11 is 0. The van der Waals surface area contributed by atoms with Gasteiger partial charge in [0.25, 0.3) is 0 Å². The van der Waals surface area contributed by atoms with Crippen LogP contribution in [0.4, 0.5) is 18.9 Å². The Labute approximate surface area is 125 Å². The smallest absolute Gasteiger partial charge is 0.433 e. The molecule has 0 atom stereocenters. The van der Waals surface area contributed by atoms with Gasteiger partial charge in [0.1, 0.15) is 5.69 Å². The normalized spacial score (nSPS) is 18.1. The summed E-state index contributed by atoms with van der Waals surface area (Å²) < 4.78 is 42.8. The van der Waals surface area contributed by atoms with Crippen LogP contribution in [0.2, 0.25) is 0 Å². The second-order valence-electron chi connectivity index (χ2n) is 5.14. The number of anilines is 1. The fraction of sp³-hybridized carbons (Fsp3) is 0.571. The zero-order valence-corrected chi connectivity index (χ0v) is 12.1. The number of piperidine rings is 1. The van der Waals surface area contributed by atoms with Crippen LogP contribution in [-0.4, -0.2) is 41.4 Å². The van der Waals surface area contributed by atoms with Gasteiger partial charge in [-0.3, -0.25) is 4.98 Å². The number of carbonyl (C=O) groups excluding carboxylic acids is 1. The van der Waals surface area contributed by atoms with E-state index in [1.165, 1.54) is 6.07 Å². The molecule has 0 aliphatic carbocycles. The van der Waals surface area contributed by atoms with Crippen LogP contribution in [0.15, 0.2) is 18.3 Å². The van der Waals surface area contributed by atoms with Crippen molar-refractivity contribution in [3.05, 3.63) is 24.0 Å². The molecule has 0 unspecified atom stereocenters. The molecule has 1 fully saturated rings. The minimum Gasteiger partial charge on any atom is -0.464 e. The topological polar surface area (TPSA) is 62.7 Å². The zero-order valence-electron chi connectivity index (χ0n) is 12.1. The quantitative estimate of drug-likeness (QED) is 0.864. The van der Waals surface area contributed by atoms with E-state index in [9.17, 15) is 23.1 Å². The Morgan fingerprint density at radius 3 is 2.64 bits per heavy atom. The van der Waals surface area contributed by atoms with Gasteiger partial charge in [0.15, 0.2) is 5.60 Å². The molecule has 5 nitrogen and oxygen atoms in total. The molecule has 1 saturated heterocycles. The van der Waals surface area contributed by atoms with Gasteiger partial charge in [0, 0.05) is 37.8 Å². The maximum Gasteiger partial charge on any atom is 0.433 e. The number of aliphatic hydroxyl groups is 1. The Balaban J connectivity index is 2.07. The lowest BCUT2D eigenvalue weighted by Gasteiger charge is -2.37. The van der Waals surface area contributed by atoms with Gasteiger partial charge < -0.3 is 14.7 Å². The Hall–Kier alpha value is -1.83. The van der Waals surface area contributed by atoms with E-state index in [1.807, 2.05) is 0 Å². The van der Waals surface area contributed by atoms with Crippen molar-refractivity contribution >= 4 is 11.7 Å². The summed E-state index contributed by atoms with van der Waals surface area (Å²) in [5.41, 5.74) is -2.16. The second kappa shape index (κ2) is 6.12. The van der Waals surface area contributed by atoms with Crippen molar-refractivity contribution in [1.82, 2.24) is 4.98 Å². The molecule has 1 N–H and O–H groups in total. The zero-order chi connectivity index (χ0) is 16.4. The van der Waals surface area contributed by atoms with Gasteiger partial charge in [-0.05, 0) is 19.1 Å². The lowest BCUT2D eigenvalue weighted by molar-refractivity contribution is -0.167. The van der Waals surface area contributed by atoms with Crippen LogP contribution in [0.1, 0.15) is 25.5 Å². The third kappa shape index (κ3) is 3.49. The summed E-state index contributed by atoms with van der Waals surface area (Å²) in [7, 11) is 0. The van der Waals surface area contributed by atoms with Crippen LogP contribution < -0.4 is 4.90 Å². The maximum absolute atomic E-state index is 12.7. The Morgan fingerprint density at radius 1 is 1.45 bits per heavy atom. The van der Waals surface area contributed by atoms with E-state index in [-0.39, 0.29) is 32.5 Å². The van der Waals surface area contributed by atoms with Gasteiger partial charge in [-0.25, -0.2) is 4.79 Å². The number of alkyl halides is 3. The van der Waals surface area contributed by atoms with Crippen LogP contribution >= 0.6 is 0 Å². The van der Waals surface area contributed by atoms with E-state index in [2.05, 4.69) is 4.98 Å². The summed E-state index contributed by atoms with van der Waals surface area (Å²) in [6, 6.07) is 2.44. The number of halogens is 3. The van der Waals surface area contributed by atoms with E-state index in [0.29, 0.717) is 5.69 Å². The van der Waals surface area contributed by atoms with Crippen molar-refractivity contribution in [3.63, 3.8) is 0 Å². The second-order valence-corrected chi connectivity index (χ2v) is 5.14. The maximum atomic E-state index is 12.7. The molecule has 1 aliphatic heterocycles. The van der Waals surface area contributed by atoms with Crippen LogP contribution in [0.25, 0.3) is 0 Å². The Kier molecular flexibility index (Phi) is 4.60. The first-order valence-corrected chi connectivity index (χ1v) is 6.94. The van der Waals surface area contributed by atoms with E-state index in [4.69, 9.17) is 4.74 Å². The summed E-state index contributed by atoms with van der Waals surface area (Å²) in [6.07, 6.45) is -3.19. The van der Waals surface area contributed by atoms with Gasteiger partial charge in [0.2, 0.25) is 0 Å². The summed E-state index contributed by atoms with van der Waals surface area (Å²) in [5, 5.41) is 10.2. The molecule has 0 spiro atoms. The van der Waals surface area contributed by atoms with E-state index >= 15 is 0 Å². The predicted octanol–water partition coefficient (Wildman–Crippen LogP) is 1.99. The highest BCUT2D eigenvalue weighted by atomic mass is 19.4. The van der Waals surface area contributed by atoms with Crippen LogP contribution in [-0.2, 0) is 15.7 Å². The molecule has 22 heavy (non-hydrogen) atoms. The van der Waals surface area contributed by atoms with E-state index in [1.54, 1.807) is 11.8 Å². The molecule has 2 heterocycles. The molecular weight excluding hydrogens is 301 g/mol. The number of hydrogen-bond donors (Lipinski definition) is 1. The summed E-state index contributed by atoms with van der Waals surface area (Å²) in [4.78, 5) is 16.7. The first-order valence-electron chi connectivity index (χ1n) is 6.94. The molecule has 122 valence electrons. The van der Waals surface area contributed by atoms with Gasteiger partial charge in [-0.15, -0.1) is 0 Å². The molecule has 0 saturated carbocycles. The average Bonchev–Trinajstić information content (AvgIpc) is 2.47. The van der Waals surface area contributed by atoms with Crippen LogP contribution in [0.5, 0.6) is 0 Å². The van der Waals surface area contributed by atoms with Crippen molar-refractivity contribution in [1.29, 1.82) is 0 Å². The van der Waals surface area contributed by atoms with Crippen LogP contribution in [0, 0.1) is 0 Å². The molecule has 0 bridgehead atoms. The minimum absolute atomic E-state index is 0.107. The number of ether oxygens (including phenoxy) is 1. The highest BCUT2D eigenvalue weighted by Gasteiger charge is 2.41. The van der Waals surface area contributed by atoms with Gasteiger partial charge >= 0.3 is 12.1 Å². The van der Waals surface area contributed by atoms with Crippen molar-refractivity contribution in [3.8, 4) is 0 Å². The van der Waals surface area contributed by atoms with E-state index < -0.39 is 23.4 Å². The number of pyridine rings is 1. The van der Waals surface area contributed by atoms with Crippen molar-refractivity contribution in [2.75, 3.05) is 24.6 Å². The molecule has 1 aromatic rings. The number of rotatable bonds is 3. The number of hydrogen-bond acceptors (Lipinski definition) is 5. The minimum atomic E-state index is -4.50. The number of nitrogens with zero attached hydrogens (tertiary/aromatic N) is 2. The molecule has 2 rings (SSSR count). The molecule has 0 radical (unpaired) electrons. The summed E-state index contributed by atoms with van der Waals surface area (Å²) in [5.74, 6) is -0.680. The average molecular weight is 318 g/mol. The van der Waals surface area contributed by atoms with Crippen LogP contribution in [0.3, 0.4) is 0 Å². The third-order valence-electron chi connectivity index (χ3n) is 3.65. The van der Waals surface area contributed by atoms with Crippen molar-refractivity contribution in [2.45, 2.75) is 31.5 Å². The number of aromatic nitrogens is 1. The Bertz CT molecular complexity index is 540. The highest BCUT2D eigenvalue weighted by Crippen LogP contribution is 2.32. The van der Waals surface area contributed by atoms with Gasteiger partial charge in [0.05, 0.1) is 6.61 Å². The molecule has 0 aromatic carbocycles. The lowest BCUT2D eigenvalue weighted by Crippen LogP contribution is -2.50. The largest absolute Gasteiger partial charge is 0.464 e. The van der Waals surface area contributed by atoms with Gasteiger partial charge in [-0.1, -0.05) is 0 Å². The van der Waals surface area contributed by atoms with E-state index in [0.717, 1.165) is 12.3 Å². The molecule has 0 amide bonds. The molecule has 8 heteroatoms. The third-order valence-corrected chi connectivity index (χ3v) is 3.65. The highest BCUT2D eigenvalue weighted by molar-refractivity contribution is 5.79. The predicted molar refractivity (Wildman–Crippen MR) is 72.3 cm³/mol. The molecule has 1 aliphatic rings. The standard InChI is InChI=1S/C14H17F3N2O3/c1-2-22-12(20)13(21)4-7-19(8-5-13)10-3-6-18-11(9-10)14(15,16)17/h3,6,9,21H,2,4-5,7-8H2,1H3. The van der Waals surface area contributed by atoms with Gasteiger partial charge in [-0.2, -0.15) is 13.2 Å². The SMILES string of the molecule is CCOC(=O)C1(O)CCN(c2ccnc(C(F)(F)F)c2)CC1. The number of carbonyl (C=O) groups is 1. The summed E-state index contributed by atoms with van der Waals surface area (Å²) in [6.45, 7) is 2.34. The fourth-order valence-electron chi connectivity index (χ4n) is 2.38. The first-order chi connectivity index (χ1) is 10.3. The molecule has 1 aromatic heterocycles. The first kappa shape index (κ1) is 16.5. The fourth-order valence-corrected chi connectivity index (χ4v) is 2.38. The Morgan fingerprint density at radius 2 is 2.09 bits per heavy atom. The molecular formula is C14H17F3N2O3. The monoisotopic (exact) mass is 318 g/mol. The van der Waals surface area contributed by atoms with Crippen molar-refractivity contribution < 1.29 is 27.8 Å². The van der Waals surface area contributed by atoms with Crippen molar-refractivity contribution in [2.24, 2.45) is 0 Å². The lowest BCUT2D eigenvalue weighted by atomic mass is 9.91. The number of esters is 1.